The molecule has 28 heavy (non-hydrogen) atoms. The molecule has 0 spiro atoms. The van der Waals surface area contributed by atoms with Crippen molar-refractivity contribution in [3.8, 4) is 11.6 Å². The third kappa shape index (κ3) is 5.11. The highest BCUT2D eigenvalue weighted by Crippen LogP contribution is 2.44. The van der Waals surface area contributed by atoms with Gasteiger partial charge in [-0.3, -0.25) is 0 Å². The lowest BCUT2D eigenvalue weighted by molar-refractivity contribution is -0.153. The van der Waals surface area contributed by atoms with Gasteiger partial charge >= 0.3 is 6.18 Å². The first kappa shape index (κ1) is 22.8. The first-order chi connectivity index (χ1) is 12.6. The van der Waals surface area contributed by atoms with Crippen LogP contribution in [0.3, 0.4) is 0 Å². The van der Waals surface area contributed by atoms with Crippen LogP contribution < -0.4 is 9.16 Å². The Balaban J connectivity index is 2.73. The van der Waals surface area contributed by atoms with Gasteiger partial charge < -0.3 is 9.16 Å². The maximum Gasteiger partial charge on any atom is 0.422 e. The van der Waals surface area contributed by atoms with E-state index in [4.69, 9.17) is 20.8 Å². The minimum atomic E-state index is -4.46. The van der Waals surface area contributed by atoms with Gasteiger partial charge in [0.1, 0.15) is 5.75 Å². The van der Waals surface area contributed by atoms with Crippen LogP contribution in [0.2, 0.25) is 23.2 Å². The van der Waals surface area contributed by atoms with Gasteiger partial charge in [-0.1, -0.05) is 46.2 Å². The molecule has 1 aromatic heterocycles. The van der Waals surface area contributed by atoms with Crippen molar-refractivity contribution in [1.82, 2.24) is 4.98 Å². The van der Waals surface area contributed by atoms with Gasteiger partial charge in [0.25, 0.3) is 8.32 Å². The number of aromatic nitrogens is 1. The third-order valence-electron chi connectivity index (χ3n) is 5.02. The average molecular weight is 434 g/mol. The number of rotatable bonds is 5. The monoisotopic (exact) mass is 433 g/mol. The summed E-state index contributed by atoms with van der Waals surface area (Å²) in [6, 6.07) is 4.90. The predicted octanol–water partition coefficient (Wildman–Crippen LogP) is 7.34. The van der Waals surface area contributed by atoms with Gasteiger partial charge in [0.2, 0.25) is 5.88 Å². The fraction of sp³-hybridized carbons (Fsp3) is 0.550. The van der Waals surface area contributed by atoms with E-state index < -0.39 is 21.1 Å². The van der Waals surface area contributed by atoms with E-state index in [1.807, 2.05) is 13.8 Å². The highest BCUT2D eigenvalue weighted by Gasteiger charge is 2.40. The summed E-state index contributed by atoms with van der Waals surface area (Å²) in [5.74, 6) is 0.320. The number of nitrogens with zero attached hydrogens (tertiary/aromatic N) is 1. The van der Waals surface area contributed by atoms with E-state index in [1.54, 1.807) is 18.2 Å². The Morgan fingerprint density at radius 2 is 1.75 bits per heavy atom. The Morgan fingerprint density at radius 1 is 1.14 bits per heavy atom. The van der Waals surface area contributed by atoms with Crippen molar-refractivity contribution in [3.05, 3.63) is 28.8 Å². The third-order valence-corrected chi connectivity index (χ3v) is 9.57. The molecule has 1 aromatic carbocycles. The van der Waals surface area contributed by atoms with Crippen molar-refractivity contribution in [2.75, 3.05) is 6.61 Å². The number of fused-ring (bicyclic) bond motifs is 1. The molecule has 0 radical (unpaired) electrons. The van der Waals surface area contributed by atoms with E-state index in [-0.39, 0.29) is 16.7 Å². The molecule has 8 heteroatoms. The SMILES string of the molecule is CC(C)c1c(O[Si](C)(C)C(C)(C)C)nc2ccc(Cl)cc2c1OCC(F)(F)F. The molecule has 0 aliphatic carbocycles. The second-order valence-electron chi connectivity index (χ2n) is 8.74. The summed E-state index contributed by atoms with van der Waals surface area (Å²) in [6.45, 7) is 12.8. The molecule has 0 amide bonds. The van der Waals surface area contributed by atoms with E-state index in [2.05, 4.69) is 38.8 Å². The van der Waals surface area contributed by atoms with Crippen LogP contribution in [0, 0.1) is 0 Å². The number of ether oxygens (including phenoxy) is 1. The van der Waals surface area contributed by atoms with Crippen LogP contribution in [0.5, 0.6) is 11.6 Å². The average Bonchev–Trinajstić information content (AvgIpc) is 2.50. The number of hydrogen-bond acceptors (Lipinski definition) is 3. The number of benzene rings is 1. The molecule has 3 nitrogen and oxygen atoms in total. The van der Waals surface area contributed by atoms with Gasteiger partial charge in [-0.25, -0.2) is 4.98 Å². The summed E-state index contributed by atoms with van der Waals surface area (Å²) < 4.78 is 50.4. The Labute approximate surface area is 170 Å². The summed E-state index contributed by atoms with van der Waals surface area (Å²) in [7, 11) is -2.27. The molecule has 156 valence electrons. The molecule has 0 atom stereocenters. The van der Waals surface area contributed by atoms with Crippen LogP contribution in [-0.2, 0) is 0 Å². The second kappa shape index (κ2) is 7.75. The highest BCUT2D eigenvalue weighted by molar-refractivity contribution is 6.74. The molecule has 0 saturated carbocycles. The van der Waals surface area contributed by atoms with Crippen molar-refractivity contribution in [1.29, 1.82) is 0 Å². The zero-order chi connectivity index (χ0) is 21.5. The van der Waals surface area contributed by atoms with Crippen LogP contribution in [0.4, 0.5) is 13.2 Å². The predicted molar refractivity (Wildman–Crippen MR) is 110 cm³/mol. The number of alkyl halides is 3. The molecule has 2 aromatic rings. The summed E-state index contributed by atoms with van der Waals surface area (Å²) >= 11 is 6.09. The van der Waals surface area contributed by atoms with E-state index in [0.717, 1.165) is 0 Å². The van der Waals surface area contributed by atoms with Gasteiger partial charge in [0.05, 0.1) is 11.1 Å². The lowest BCUT2D eigenvalue weighted by atomic mass is 10.0. The van der Waals surface area contributed by atoms with Crippen molar-refractivity contribution < 1.29 is 22.3 Å². The number of hydrogen-bond donors (Lipinski definition) is 0. The van der Waals surface area contributed by atoms with Crippen LogP contribution >= 0.6 is 11.6 Å². The second-order valence-corrected chi connectivity index (χ2v) is 13.9. The summed E-state index contributed by atoms with van der Waals surface area (Å²) in [5.41, 5.74) is 1.02. The Kier molecular flexibility index (Phi) is 6.31. The van der Waals surface area contributed by atoms with E-state index >= 15 is 0 Å². The summed E-state index contributed by atoms with van der Waals surface area (Å²) in [4.78, 5) is 4.63. The van der Waals surface area contributed by atoms with Crippen LogP contribution in [0.25, 0.3) is 10.9 Å². The highest BCUT2D eigenvalue weighted by atomic mass is 35.5. The molecule has 0 bridgehead atoms. The summed E-state index contributed by atoms with van der Waals surface area (Å²) in [5, 5.41) is 0.757. The molecule has 0 N–H and O–H groups in total. The topological polar surface area (TPSA) is 31.4 Å². The zero-order valence-corrected chi connectivity index (χ0v) is 19.0. The maximum absolute atomic E-state index is 12.9. The van der Waals surface area contributed by atoms with Gasteiger partial charge in [-0.2, -0.15) is 13.2 Å². The smallest absolute Gasteiger partial charge is 0.422 e. The minimum Gasteiger partial charge on any atom is -0.530 e. The van der Waals surface area contributed by atoms with Gasteiger partial charge in [0.15, 0.2) is 6.61 Å². The maximum atomic E-state index is 12.9. The van der Waals surface area contributed by atoms with Gasteiger partial charge in [-0.15, -0.1) is 0 Å². The van der Waals surface area contributed by atoms with Crippen molar-refractivity contribution in [2.24, 2.45) is 0 Å². The van der Waals surface area contributed by atoms with Crippen LogP contribution in [-0.4, -0.2) is 26.1 Å². The Bertz CT molecular complexity index is 861. The lowest BCUT2D eigenvalue weighted by Gasteiger charge is -2.37. The first-order valence-corrected chi connectivity index (χ1v) is 12.4. The van der Waals surface area contributed by atoms with Crippen molar-refractivity contribution >= 4 is 30.8 Å². The first-order valence-electron chi connectivity index (χ1n) is 9.14. The lowest BCUT2D eigenvalue weighted by Crippen LogP contribution is -2.44. The normalized spacial score (nSPS) is 13.3. The molecular formula is C20H27ClF3NO2Si. The molecule has 1 heterocycles. The molecule has 0 aliphatic heterocycles. The molecule has 0 saturated heterocycles. The Hall–Kier alpha value is -1.47. The van der Waals surface area contributed by atoms with E-state index in [1.165, 1.54) is 0 Å². The van der Waals surface area contributed by atoms with Crippen LogP contribution in [0.1, 0.15) is 46.1 Å². The molecular weight excluding hydrogens is 407 g/mol. The van der Waals surface area contributed by atoms with E-state index in [9.17, 15) is 13.2 Å². The standard InChI is InChI=1S/C20H27ClF3NO2Si/c1-12(2)16-17(26-11-20(22,23)24)14-10-13(21)8-9-15(14)25-18(16)27-28(6,7)19(3,4)5/h8-10,12H,11H2,1-7H3. The largest absolute Gasteiger partial charge is 0.530 e. The van der Waals surface area contributed by atoms with Crippen LogP contribution in [0.15, 0.2) is 18.2 Å². The molecule has 0 fully saturated rings. The Morgan fingerprint density at radius 3 is 2.25 bits per heavy atom. The van der Waals surface area contributed by atoms with Crippen molar-refractivity contribution in [3.63, 3.8) is 0 Å². The minimum absolute atomic E-state index is 0.0924. The quantitative estimate of drug-likeness (QED) is 0.462. The van der Waals surface area contributed by atoms with Gasteiger partial charge in [-0.05, 0) is 42.2 Å². The number of pyridine rings is 1. The molecule has 0 aliphatic rings. The summed E-state index contributed by atoms with van der Waals surface area (Å²) in [6.07, 6.45) is -4.46. The van der Waals surface area contributed by atoms with E-state index in [0.29, 0.717) is 27.4 Å². The number of halogens is 4. The van der Waals surface area contributed by atoms with Crippen molar-refractivity contribution in [2.45, 2.75) is 64.8 Å². The zero-order valence-electron chi connectivity index (χ0n) is 17.3. The fourth-order valence-corrected chi connectivity index (χ4v) is 3.61. The van der Waals surface area contributed by atoms with Gasteiger partial charge in [0, 0.05) is 10.4 Å². The fourth-order valence-electron chi connectivity index (χ4n) is 2.49. The molecule has 2 rings (SSSR count). The molecule has 0 unspecified atom stereocenters.